The van der Waals surface area contributed by atoms with Gasteiger partial charge in [0.1, 0.15) is 0 Å². The molecule has 0 amide bonds. The van der Waals surface area contributed by atoms with Crippen molar-refractivity contribution < 1.29 is 28.5 Å². The third-order valence-electron chi connectivity index (χ3n) is 7.75. The van der Waals surface area contributed by atoms with Gasteiger partial charge < -0.3 is 23.7 Å². The van der Waals surface area contributed by atoms with Gasteiger partial charge in [-0.1, -0.05) is 0 Å². The number of carbonyl (C=O) groups is 1. The highest BCUT2D eigenvalue weighted by Gasteiger charge is 2.82. The van der Waals surface area contributed by atoms with Crippen molar-refractivity contribution in [3.63, 3.8) is 0 Å². The summed E-state index contributed by atoms with van der Waals surface area (Å²) >= 11 is 0. The van der Waals surface area contributed by atoms with Crippen molar-refractivity contribution in [1.29, 1.82) is 0 Å². The van der Waals surface area contributed by atoms with Crippen LogP contribution in [0.3, 0.4) is 0 Å². The van der Waals surface area contributed by atoms with Crippen LogP contribution in [0.5, 0.6) is 11.5 Å². The summed E-state index contributed by atoms with van der Waals surface area (Å²) in [4.78, 5) is 15.6. The Morgan fingerprint density at radius 1 is 1.22 bits per heavy atom. The van der Waals surface area contributed by atoms with Crippen LogP contribution in [0.25, 0.3) is 0 Å². The lowest BCUT2D eigenvalue weighted by Gasteiger charge is -2.59. The Morgan fingerprint density at radius 2 is 2.00 bits per heavy atom. The molecule has 1 aromatic rings. The van der Waals surface area contributed by atoms with Crippen molar-refractivity contribution in [2.24, 2.45) is 0 Å². The lowest BCUT2D eigenvalue weighted by atomic mass is 9.51. The molecule has 1 aromatic carbocycles. The highest BCUT2D eigenvalue weighted by atomic mass is 16.7. The number of rotatable bonds is 2. The largest absolute Gasteiger partial charge is 0.454 e. The third-order valence-corrected chi connectivity index (χ3v) is 7.75. The Kier molecular flexibility index (Phi) is 2.92. The van der Waals surface area contributed by atoms with Gasteiger partial charge in [-0.05, 0) is 43.3 Å². The van der Waals surface area contributed by atoms with Gasteiger partial charge in [0.15, 0.2) is 23.4 Å². The van der Waals surface area contributed by atoms with Gasteiger partial charge in [0.25, 0.3) is 0 Å². The molecule has 2 saturated heterocycles. The number of likely N-dealkylation sites (N-methyl/N-ethyl adjacent to an activating group) is 1. The molecule has 1 spiro atoms. The Labute approximate surface area is 157 Å². The fourth-order valence-electron chi connectivity index (χ4n) is 6.82. The van der Waals surface area contributed by atoms with Gasteiger partial charge in [0, 0.05) is 32.5 Å². The predicted octanol–water partition coefficient (Wildman–Crippen LogP) is 1.53. The number of methoxy groups -OCH3 is 2. The summed E-state index contributed by atoms with van der Waals surface area (Å²) in [6, 6.07) is 4.11. The molecule has 3 aliphatic heterocycles. The van der Waals surface area contributed by atoms with Gasteiger partial charge in [-0.2, -0.15) is 0 Å². The molecular formula is C20H23NO6. The van der Waals surface area contributed by atoms with Crippen LogP contribution in [0.2, 0.25) is 0 Å². The Balaban J connectivity index is 1.69. The van der Waals surface area contributed by atoms with Crippen molar-refractivity contribution >= 4 is 5.78 Å². The Bertz CT molecular complexity index is 872. The summed E-state index contributed by atoms with van der Waals surface area (Å²) in [5.74, 6) is 0.406. The molecule has 0 aromatic heterocycles. The standard InChI is InChI=1S/C20H23NO6/c1-21-5-4-18-8-13(22)17(23-2)20(24-3)19(18,21)9-16(27-20)11-6-14-15(7-12(11)18)26-10-25-14/h6-7,16-17H,4-5,8-10H2,1-3H3/t16-,17+,18+,19+,20-/m1/s1. The van der Waals surface area contributed by atoms with E-state index in [9.17, 15) is 4.79 Å². The SMILES string of the molecule is CO[C@H]1C(=O)C[C@]23CCN(C)[C@@]24C[C@@H](O[C@]14OC)c1cc2c(cc13)OCO2. The van der Waals surface area contributed by atoms with E-state index in [1.54, 1.807) is 14.2 Å². The number of carbonyl (C=O) groups excluding carboxylic acids is 1. The molecule has 5 atom stereocenters. The predicted molar refractivity (Wildman–Crippen MR) is 92.8 cm³/mol. The quantitative estimate of drug-likeness (QED) is 0.779. The van der Waals surface area contributed by atoms with Crippen LogP contribution in [-0.4, -0.2) is 62.7 Å². The van der Waals surface area contributed by atoms with Gasteiger partial charge in [-0.3, -0.25) is 9.69 Å². The first-order valence-electron chi connectivity index (χ1n) is 9.47. The van der Waals surface area contributed by atoms with E-state index in [1.807, 2.05) is 6.07 Å². The summed E-state index contributed by atoms with van der Waals surface area (Å²) in [6.45, 7) is 1.10. The fraction of sp³-hybridized carbons (Fsp3) is 0.650. The van der Waals surface area contributed by atoms with Crippen LogP contribution >= 0.6 is 0 Å². The summed E-state index contributed by atoms with van der Waals surface area (Å²) in [6.07, 6.45) is 1.15. The zero-order valence-electron chi connectivity index (χ0n) is 15.7. The minimum atomic E-state index is -1.13. The number of nitrogens with zero attached hydrogens (tertiary/aromatic N) is 1. The summed E-state index contributed by atoms with van der Waals surface area (Å²) < 4.78 is 29.7. The van der Waals surface area contributed by atoms with Gasteiger partial charge >= 0.3 is 0 Å². The van der Waals surface area contributed by atoms with E-state index in [0.717, 1.165) is 42.0 Å². The van der Waals surface area contributed by atoms with E-state index in [2.05, 4.69) is 18.0 Å². The molecule has 144 valence electrons. The first-order valence-corrected chi connectivity index (χ1v) is 9.47. The zero-order chi connectivity index (χ0) is 18.6. The number of Topliss-reactive ketones (excluding diaryl/α,β-unsaturated/α-hetero) is 1. The van der Waals surface area contributed by atoms with Crippen LogP contribution in [0.4, 0.5) is 0 Å². The normalized spacial score (nSPS) is 43.7. The molecule has 3 fully saturated rings. The second kappa shape index (κ2) is 4.84. The molecule has 6 rings (SSSR count). The maximum Gasteiger partial charge on any atom is 0.231 e. The molecule has 0 radical (unpaired) electrons. The second-order valence-electron chi connectivity index (χ2n) is 8.35. The number of hydrogen-bond donors (Lipinski definition) is 0. The van der Waals surface area contributed by atoms with Crippen molar-refractivity contribution in [3.05, 3.63) is 23.3 Å². The Hall–Kier alpha value is -1.67. The summed E-state index contributed by atoms with van der Waals surface area (Å²) in [5, 5.41) is 0. The first kappa shape index (κ1) is 16.3. The van der Waals surface area contributed by atoms with Gasteiger partial charge in [-0.15, -0.1) is 0 Å². The van der Waals surface area contributed by atoms with Crippen molar-refractivity contribution in [1.82, 2.24) is 4.90 Å². The highest BCUT2D eigenvalue weighted by Crippen LogP contribution is 2.71. The smallest absolute Gasteiger partial charge is 0.231 e. The van der Waals surface area contributed by atoms with Crippen molar-refractivity contribution in [2.75, 3.05) is 34.6 Å². The van der Waals surface area contributed by atoms with E-state index in [1.165, 1.54) is 0 Å². The topological polar surface area (TPSA) is 66.5 Å². The van der Waals surface area contributed by atoms with Crippen LogP contribution in [0.15, 0.2) is 12.1 Å². The van der Waals surface area contributed by atoms with E-state index in [4.69, 9.17) is 23.7 Å². The van der Waals surface area contributed by atoms with Crippen LogP contribution in [0, 0.1) is 0 Å². The van der Waals surface area contributed by atoms with Crippen LogP contribution in [-0.2, 0) is 24.4 Å². The van der Waals surface area contributed by atoms with Crippen LogP contribution in [0.1, 0.15) is 36.5 Å². The number of likely N-dealkylation sites (tertiary alicyclic amines) is 1. The molecule has 27 heavy (non-hydrogen) atoms. The maximum atomic E-state index is 13.2. The monoisotopic (exact) mass is 373 g/mol. The molecule has 7 nitrogen and oxygen atoms in total. The zero-order valence-corrected chi connectivity index (χ0v) is 15.7. The molecule has 0 unspecified atom stereocenters. The molecule has 3 heterocycles. The molecule has 7 heteroatoms. The number of fused-ring (bicyclic) bond motifs is 4. The minimum Gasteiger partial charge on any atom is -0.454 e. The van der Waals surface area contributed by atoms with E-state index >= 15 is 0 Å². The second-order valence-corrected chi connectivity index (χ2v) is 8.35. The molecule has 5 aliphatic rings. The lowest BCUT2D eigenvalue weighted by molar-refractivity contribution is -0.309. The average molecular weight is 373 g/mol. The van der Waals surface area contributed by atoms with Crippen LogP contribution < -0.4 is 9.47 Å². The minimum absolute atomic E-state index is 0.0384. The van der Waals surface area contributed by atoms with E-state index in [0.29, 0.717) is 6.42 Å². The number of hydrogen-bond acceptors (Lipinski definition) is 7. The van der Waals surface area contributed by atoms with Crippen molar-refractivity contribution in [2.45, 2.75) is 48.2 Å². The van der Waals surface area contributed by atoms with Crippen molar-refractivity contribution in [3.8, 4) is 11.5 Å². The highest BCUT2D eigenvalue weighted by molar-refractivity contribution is 5.89. The van der Waals surface area contributed by atoms with Gasteiger partial charge in [0.05, 0.1) is 11.6 Å². The van der Waals surface area contributed by atoms with Gasteiger partial charge in [-0.25, -0.2) is 0 Å². The third kappa shape index (κ3) is 1.49. The van der Waals surface area contributed by atoms with E-state index in [-0.39, 0.29) is 24.1 Å². The van der Waals surface area contributed by atoms with E-state index < -0.39 is 17.4 Å². The number of ether oxygens (including phenoxy) is 5. The number of ketones is 1. The Morgan fingerprint density at radius 3 is 2.74 bits per heavy atom. The molecule has 1 saturated carbocycles. The molecule has 2 bridgehead atoms. The lowest BCUT2D eigenvalue weighted by Crippen LogP contribution is -2.76. The summed E-state index contributed by atoms with van der Waals surface area (Å²) in [5.41, 5.74) is 1.41. The van der Waals surface area contributed by atoms with Gasteiger partial charge in [0.2, 0.25) is 12.6 Å². The average Bonchev–Trinajstić information content (AvgIpc) is 3.33. The molecular weight excluding hydrogens is 350 g/mol. The maximum absolute atomic E-state index is 13.2. The molecule has 0 N–H and O–H groups in total. The first-order chi connectivity index (χ1) is 13.0. The number of benzene rings is 1. The summed E-state index contributed by atoms with van der Waals surface area (Å²) in [7, 11) is 5.31. The fourth-order valence-corrected chi connectivity index (χ4v) is 6.82. The molecule has 2 aliphatic carbocycles.